The Morgan fingerprint density at radius 3 is 2.40 bits per heavy atom. The summed E-state index contributed by atoms with van der Waals surface area (Å²) in [7, 11) is 0. The van der Waals surface area contributed by atoms with Crippen LogP contribution >= 0.6 is 0 Å². The number of hydrogen-bond acceptors (Lipinski definition) is 6. The van der Waals surface area contributed by atoms with Crippen LogP contribution in [0.2, 0.25) is 0 Å². The number of aromatic nitrogens is 1. The third kappa shape index (κ3) is 2.35. The smallest absolute Gasteiger partial charge is 0.341 e. The second-order valence-corrected chi connectivity index (χ2v) is 8.61. The summed E-state index contributed by atoms with van der Waals surface area (Å²) < 4.78 is 12.1. The van der Waals surface area contributed by atoms with Gasteiger partial charge >= 0.3 is 5.97 Å². The van der Waals surface area contributed by atoms with Crippen molar-refractivity contribution < 1.29 is 19.1 Å². The molecule has 2 spiro atoms. The van der Waals surface area contributed by atoms with Crippen molar-refractivity contribution in [1.29, 1.82) is 0 Å². The number of fused-ring (bicyclic) bond motifs is 3. The van der Waals surface area contributed by atoms with Gasteiger partial charge in [-0.25, -0.2) is 9.78 Å². The van der Waals surface area contributed by atoms with E-state index in [9.17, 15) is 9.59 Å². The van der Waals surface area contributed by atoms with E-state index in [-0.39, 0.29) is 11.8 Å². The van der Waals surface area contributed by atoms with Crippen molar-refractivity contribution in [3.63, 3.8) is 0 Å². The van der Waals surface area contributed by atoms with Crippen LogP contribution in [-0.4, -0.2) is 41.4 Å². The minimum Gasteiger partial charge on any atom is -0.458 e. The molecule has 1 N–H and O–H groups in total. The van der Waals surface area contributed by atoms with Crippen LogP contribution in [0.5, 0.6) is 0 Å². The van der Waals surface area contributed by atoms with Crippen molar-refractivity contribution >= 4 is 17.8 Å². The van der Waals surface area contributed by atoms with Crippen LogP contribution in [0.1, 0.15) is 51.3 Å². The first-order chi connectivity index (χ1) is 14.5. The Bertz CT molecular complexity index is 1120. The summed E-state index contributed by atoms with van der Waals surface area (Å²) in [5, 5.41) is 3.31. The van der Waals surface area contributed by atoms with Crippen molar-refractivity contribution in [3.8, 4) is 0 Å². The molecule has 30 heavy (non-hydrogen) atoms. The molecule has 1 amide bonds. The molecule has 3 aliphatic heterocycles. The quantitative estimate of drug-likeness (QED) is 0.733. The molecule has 1 aromatic heterocycles. The van der Waals surface area contributed by atoms with Crippen molar-refractivity contribution in [2.24, 2.45) is 4.99 Å². The lowest BCUT2D eigenvalue weighted by atomic mass is 9.84. The van der Waals surface area contributed by atoms with Crippen molar-refractivity contribution in [1.82, 2.24) is 10.3 Å². The summed E-state index contributed by atoms with van der Waals surface area (Å²) in [5.41, 5.74) is 2.82. The Kier molecular flexibility index (Phi) is 3.54. The lowest BCUT2D eigenvalue weighted by Crippen LogP contribution is -2.40. The molecule has 0 atom stereocenters. The fourth-order valence-electron chi connectivity index (χ4n) is 5.23. The molecule has 7 heteroatoms. The van der Waals surface area contributed by atoms with E-state index in [1.54, 1.807) is 0 Å². The lowest BCUT2D eigenvalue weighted by molar-refractivity contribution is -0.130. The molecular weight excluding hydrogens is 382 g/mol. The van der Waals surface area contributed by atoms with Gasteiger partial charge in [-0.3, -0.25) is 4.79 Å². The van der Waals surface area contributed by atoms with Crippen LogP contribution < -0.4 is 5.32 Å². The molecule has 6 rings (SSSR count). The maximum absolute atomic E-state index is 12.9. The summed E-state index contributed by atoms with van der Waals surface area (Å²) >= 11 is 0. The molecule has 1 saturated heterocycles. The van der Waals surface area contributed by atoms with Crippen LogP contribution in [0.3, 0.4) is 0 Å². The number of pyridine rings is 1. The highest BCUT2D eigenvalue weighted by Gasteiger charge is 2.53. The fourth-order valence-corrected chi connectivity index (χ4v) is 5.23. The van der Waals surface area contributed by atoms with Crippen LogP contribution in [-0.2, 0) is 32.7 Å². The van der Waals surface area contributed by atoms with E-state index in [4.69, 9.17) is 9.47 Å². The van der Waals surface area contributed by atoms with Gasteiger partial charge in [-0.05, 0) is 37.2 Å². The number of rotatable bonds is 1. The Balaban J connectivity index is 1.42. The van der Waals surface area contributed by atoms with Crippen molar-refractivity contribution in [2.45, 2.75) is 43.8 Å². The third-order valence-electron chi connectivity index (χ3n) is 6.70. The molecule has 0 radical (unpaired) electrons. The summed E-state index contributed by atoms with van der Waals surface area (Å²) in [6, 6.07) is 9.87. The normalized spacial score (nSPS) is 22.6. The highest BCUT2D eigenvalue weighted by molar-refractivity contribution is 6.14. The Morgan fingerprint density at radius 1 is 1.00 bits per heavy atom. The Hall–Kier alpha value is -3.06. The van der Waals surface area contributed by atoms with E-state index in [1.807, 2.05) is 37.3 Å². The lowest BCUT2D eigenvalue weighted by Gasteiger charge is -2.33. The summed E-state index contributed by atoms with van der Waals surface area (Å²) in [4.78, 5) is 34.7. The van der Waals surface area contributed by atoms with Gasteiger partial charge in [0.1, 0.15) is 11.3 Å². The maximum Gasteiger partial charge on any atom is 0.341 e. The van der Waals surface area contributed by atoms with Gasteiger partial charge in [0.25, 0.3) is 5.91 Å². The molecule has 152 valence electrons. The molecule has 1 aliphatic carbocycles. The second-order valence-electron chi connectivity index (χ2n) is 8.61. The average molecular weight is 403 g/mol. The molecular formula is C23H21N3O4. The third-order valence-corrected chi connectivity index (χ3v) is 6.70. The average Bonchev–Trinajstić information content (AvgIpc) is 3.35. The molecule has 0 saturated carbocycles. The predicted octanol–water partition coefficient (Wildman–Crippen LogP) is 1.98. The molecule has 4 heterocycles. The number of nitrogens with one attached hydrogen (secondary N) is 1. The zero-order chi connectivity index (χ0) is 20.5. The number of esters is 1. The van der Waals surface area contributed by atoms with Gasteiger partial charge in [-0.1, -0.05) is 24.3 Å². The molecule has 1 aromatic carbocycles. The number of carbonyl (C=O) groups excluding carboxylic acids is 2. The topological polar surface area (TPSA) is 89.9 Å². The minimum atomic E-state index is -1.04. The highest BCUT2D eigenvalue weighted by Crippen LogP contribution is 2.45. The van der Waals surface area contributed by atoms with Gasteiger partial charge in [0.05, 0.1) is 5.56 Å². The summed E-state index contributed by atoms with van der Waals surface area (Å²) in [6.45, 7) is 3.43. The van der Waals surface area contributed by atoms with Gasteiger partial charge in [0.15, 0.2) is 5.60 Å². The molecule has 2 aromatic rings. The summed E-state index contributed by atoms with van der Waals surface area (Å²) in [5.74, 6) is -0.590. The zero-order valence-electron chi connectivity index (χ0n) is 16.7. The molecule has 7 nitrogen and oxygen atoms in total. The van der Waals surface area contributed by atoms with Crippen LogP contribution in [0, 0.1) is 6.92 Å². The molecule has 4 aliphatic rings. The van der Waals surface area contributed by atoms with E-state index >= 15 is 0 Å². The van der Waals surface area contributed by atoms with Crippen LogP contribution in [0.4, 0.5) is 0 Å². The van der Waals surface area contributed by atoms with Crippen molar-refractivity contribution in [2.75, 3.05) is 13.1 Å². The SMILES string of the molecule is Cc1cc2c(c(C3=NC(=O)C4(Cc5ccccc5C4)O3)n1)C(=O)OC21CCNCC1. The Morgan fingerprint density at radius 2 is 1.70 bits per heavy atom. The summed E-state index contributed by atoms with van der Waals surface area (Å²) in [6.07, 6.45) is 2.37. The zero-order valence-corrected chi connectivity index (χ0v) is 16.7. The highest BCUT2D eigenvalue weighted by atomic mass is 16.6. The van der Waals surface area contributed by atoms with E-state index in [0.29, 0.717) is 36.9 Å². The van der Waals surface area contributed by atoms with Crippen molar-refractivity contribution in [3.05, 3.63) is 64.0 Å². The van der Waals surface area contributed by atoms with Gasteiger partial charge < -0.3 is 14.8 Å². The van der Waals surface area contributed by atoms with Gasteiger partial charge in [-0.15, -0.1) is 0 Å². The number of aliphatic imine (C=N–C) groups is 1. The van der Waals surface area contributed by atoms with E-state index in [2.05, 4.69) is 15.3 Å². The number of amides is 1. The first kappa shape index (κ1) is 17.8. The maximum atomic E-state index is 12.9. The van der Waals surface area contributed by atoms with E-state index < -0.39 is 17.2 Å². The first-order valence-corrected chi connectivity index (χ1v) is 10.4. The standard InChI is InChI=1S/C23H21N3O4/c1-13-10-16-17(20(27)30-22(16)6-8-24-9-7-22)18(25-13)19-26-21(28)23(29-19)11-14-4-2-3-5-15(14)12-23/h2-5,10,24H,6-9,11-12H2,1H3. The second kappa shape index (κ2) is 5.98. The molecule has 1 fully saturated rings. The van der Waals surface area contributed by atoms with Gasteiger partial charge in [0.2, 0.25) is 5.90 Å². The van der Waals surface area contributed by atoms with Crippen LogP contribution in [0.25, 0.3) is 0 Å². The largest absolute Gasteiger partial charge is 0.458 e. The number of aryl methyl sites for hydroxylation is 1. The number of piperidine rings is 1. The van der Waals surface area contributed by atoms with E-state index in [0.717, 1.165) is 35.5 Å². The number of ether oxygens (including phenoxy) is 2. The Labute approximate surface area is 173 Å². The van der Waals surface area contributed by atoms with E-state index in [1.165, 1.54) is 0 Å². The number of nitrogens with zero attached hydrogens (tertiary/aromatic N) is 2. The predicted molar refractivity (Wildman–Crippen MR) is 107 cm³/mol. The fraction of sp³-hybridized carbons (Fsp3) is 0.391. The number of carbonyl (C=O) groups is 2. The van der Waals surface area contributed by atoms with Crippen LogP contribution in [0.15, 0.2) is 35.3 Å². The molecule has 0 unspecified atom stereocenters. The van der Waals surface area contributed by atoms with Gasteiger partial charge in [-0.2, -0.15) is 4.99 Å². The monoisotopic (exact) mass is 403 g/mol. The minimum absolute atomic E-state index is 0.135. The first-order valence-electron chi connectivity index (χ1n) is 10.4. The van der Waals surface area contributed by atoms with Gasteiger partial charge in [0, 0.05) is 36.9 Å². The number of benzene rings is 1. The molecule has 0 bridgehead atoms. The number of hydrogen-bond donors (Lipinski definition) is 1.